The molecule has 0 saturated carbocycles. The highest BCUT2D eigenvalue weighted by molar-refractivity contribution is 5.92. The number of fused-ring (bicyclic) bond motifs is 1. The van der Waals surface area contributed by atoms with Gasteiger partial charge in [-0.05, 0) is 5.56 Å². The molecule has 2 heterocycles. The third-order valence-corrected chi connectivity index (χ3v) is 3.63. The molecular weight excluding hydrogens is 273 g/mol. The highest BCUT2D eigenvalue weighted by Crippen LogP contribution is 2.39. The maximum atomic E-state index is 14.1. The van der Waals surface area contributed by atoms with E-state index in [9.17, 15) is 9.18 Å². The lowest BCUT2D eigenvalue weighted by Gasteiger charge is -2.11. The van der Waals surface area contributed by atoms with Crippen LogP contribution in [0.5, 0.6) is 0 Å². The average Bonchev–Trinajstić information content (AvgIpc) is 3.07. The minimum Gasteiger partial charge on any atom is -0.384 e. The van der Waals surface area contributed by atoms with Gasteiger partial charge in [-0.3, -0.25) is 4.79 Å². The Morgan fingerprint density at radius 2 is 2.19 bits per heavy atom. The van der Waals surface area contributed by atoms with E-state index >= 15 is 0 Å². The van der Waals surface area contributed by atoms with Gasteiger partial charge in [-0.15, -0.1) is 5.10 Å². The largest absolute Gasteiger partial charge is 0.384 e. The van der Waals surface area contributed by atoms with E-state index < -0.39 is 6.17 Å². The Hall–Kier alpha value is -2.08. The molecule has 0 aliphatic carbocycles. The molecule has 3 rings (SSSR count). The van der Waals surface area contributed by atoms with Crippen LogP contribution in [-0.4, -0.2) is 34.3 Å². The van der Waals surface area contributed by atoms with E-state index in [2.05, 4.69) is 10.1 Å². The Morgan fingerprint density at radius 3 is 2.90 bits per heavy atom. The summed E-state index contributed by atoms with van der Waals surface area (Å²) in [6, 6.07) is 9.38. The van der Waals surface area contributed by atoms with Crippen LogP contribution in [0.1, 0.15) is 47.1 Å². The highest BCUT2D eigenvalue weighted by Gasteiger charge is 2.36. The molecule has 0 saturated heterocycles. The van der Waals surface area contributed by atoms with Crippen molar-refractivity contribution in [1.82, 2.24) is 14.8 Å². The number of carbonyl (C=O) groups is 1. The van der Waals surface area contributed by atoms with Crippen molar-refractivity contribution in [2.45, 2.75) is 25.1 Å². The number of rotatable bonds is 5. The molecule has 0 N–H and O–H groups in total. The molecule has 0 radical (unpaired) electrons. The third kappa shape index (κ3) is 2.58. The van der Waals surface area contributed by atoms with Crippen LogP contribution in [0.25, 0.3) is 0 Å². The van der Waals surface area contributed by atoms with Crippen molar-refractivity contribution in [2.24, 2.45) is 0 Å². The van der Waals surface area contributed by atoms with Gasteiger partial charge in [-0.2, -0.15) is 0 Å². The zero-order valence-corrected chi connectivity index (χ0v) is 11.7. The maximum absolute atomic E-state index is 14.1. The second kappa shape index (κ2) is 5.73. The Balaban J connectivity index is 1.89. The summed E-state index contributed by atoms with van der Waals surface area (Å²) in [5, 5.41) is 4.21. The molecular formula is C15H16FN3O2. The molecule has 2 aromatic rings. The van der Waals surface area contributed by atoms with Crippen LogP contribution in [0.2, 0.25) is 0 Å². The Bertz CT molecular complexity index is 642. The SMILES string of the molecule is COCCC(=O)c1nc2n(n1)[C@H](c1ccccc1)C[C@@H]2F. The summed E-state index contributed by atoms with van der Waals surface area (Å²) in [6.45, 7) is 0.309. The van der Waals surface area contributed by atoms with Crippen molar-refractivity contribution in [3.63, 3.8) is 0 Å². The number of Topliss-reactive ketones (excluding diaryl/α,β-unsaturated/α-hetero) is 1. The number of methoxy groups -OCH3 is 1. The van der Waals surface area contributed by atoms with E-state index in [-0.39, 0.29) is 29.9 Å². The lowest BCUT2D eigenvalue weighted by molar-refractivity contribution is 0.0921. The van der Waals surface area contributed by atoms with Crippen molar-refractivity contribution >= 4 is 5.78 Å². The number of carbonyl (C=O) groups excluding carboxylic acids is 1. The summed E-state index contributed by atoms with van der Waals surface area (Å²) in [4.78, 5) is 16.0. The lowest BCUT2D eigenvalue weighted by Crippen LogP contribution is -2.10. The first-order valence-corrected chi connectivity index (χ1v) is 6.88. The predicted octanol–water partition coefficient (Wildman–Crippen LogP) is 2.50. The fourth-order valence-corrected chi connectivity index (χ4v) is 2.56. The molecule has 0 unspecified atom stereocenters. The molecule has 0 amide bonds. The lowest BCUT2D eigenvalue weighted by atomic mass is 10.0. The second-order valence-corrected chi connectivity index (χ2v) is 5.03. The van der Waals surface area contributed by atoms with Gasteiger partial charge in [0.1, 0.15) is 0 Å². The number of alkyl halides is 1. The fourth-order valence-electron chi connectivity index (χ4n) is 2.56. The normalized spacial score (nSPS) is 20.5. The van der Waals surface area contributed by atoms with Gasteiger partial charge in [0, 0.05) is 20.0 Å². The number of halogens is 1. The molecule has 1 aliphatic rings. The van der Waals surface area contributed by atoms with E-state index in [1.54, 1.807) is 4.68 Å². The van der Waals surface area contributed by atoms with Crippen molar-refractivity contribution in [1.29, 1.82) is 0 Å². The van der Waals surface area contributed by atoms with Crippen LogP contribution in [0, 0.1) is 0 Å². The number of benzene rings is 1. The van der Waals surface area contributed by atoms with Crippen LogP contribution in [0.4, 0.5) is 4.39 Å². The summed E-state index contributed by atoms with van der Waals surface area (Å²) >= 11 is 0. The number of ether oxygens (including phenoxy) is 1. The van der Waals surface area contributed by atoms with Crippen molar-refractivity contribution in [3.05, 3.63) is 47.5 Å². The topological polar surface area (TPSA) is 57.0 Å². The smallest absolute Gasteiger partial charge is 0.217 e. The van der Waals surface area contributed by atoms with Gasteiger partial charge in [-0.25, -0.2) is 14.1 Å². The molecule has 21 heavy (non-hydrogen) atoms. The minimum absolute atomic E-state index is 0.0744. The Labute approximate surface area is 121 Å². The number of aromatic nitrogens is 3. The van der Waals surface area contributed by atoms with Gasteiger partial charge < -0.3 is 4.74 Å². The van der Waals surface area contributed by atoms with Crippen molar-refractivity contribution < 1.29 is 13.9 Å². The van der Waals surface area contributed by atoms with Crippen LogP contribution in [0.3, 0.4) is 0 Å². The molecule has 0 bridgehead atoms. The first kappa shape index (κ1) is 13.9. The second-order valence-electron chi connectivity index (χ2n) is 5.03. The Kier molecular flexibility index (Phi) is 3.79. The standard InChI is InChI=1S/C15H16FN3O2/c1-21-8-7-13(20)14-17-15-11(16)9-12(19(15)18-14)10-5-3-2-4-6-10/h2-6,11-12H,7-9H2,1H3/t11-,12-/m0/s1. The van der Waals surface area contributed by atoms with Gasteiger partial charge in [0.15, 0.2) is 12.0 Å². The molecule has 1 aromatic heterocycles. The zero-order chi connectivity index (χ0) is 14.8. The molecule has 1 aliphatic heterocycles. The first-order valence-electron chi connectivity index (χ1n) is 6.88. The van der Waals surface area contributed by atoms with Crippen LogP contribution in [-0.2, 0) is 4.74 Å². The van der Waals surface area contributed by atoms with Crippen molar-refractivity contribution in [3.8, 4) is 0 Å². The number of nitrogens with zero attached hydrogens (tertiary/aromatic N) is 3. The number of hydrogen-bond acceptors (Lipinski definition) is 4. The van der Waals surface area contributed by atoms with E-state index in [1.807, 2.05) is 30.3 Å². The monoisotopic (exact) mass is 289 g/mol. The van der Waals surface area contributed by atoms with Gasteiger partial charge in [0.05, 0.1) is 12.6 Å². The van der Waals surface area contributed by atoms with E-state index in [0.717, 1.165) is 5.56 Å². The zero-order valence-electron chi connectivity index (χ0n) is 11.7. The van der Waals surface area contributed by atoms with E-state index in [0.29, 0.717) is 13.0 Å². The molecule has 6 heteroatoms. The molecule has 0 fully saturated rings. The van der Waals surface area contributed by atoms with Crippen LogP contribution in [0.15, 0.2) is 30.3 Å². The van der Waals surface area contributed by atoms with Gasteiger partial charge in [0.25, 0.3) is 0 Å². The van der Waals surface area contributed by atoms with Crippen LogP contribution >= 0.6 is 0 Å². The maximum Gasteiger partial charge on any atom is 0.217 e. The molecule has 2 atom stereocenters. The Morgan fingerprint density at radius 1 is 1.43 bits per heavy atom. The minimum atomic E-state index is -1.19. The summed E-state index contributed by atoms with van der Waals surface area (Å²) < 4.78 is 20.5. The van der Waals surface area contributed by atoms with Gasteiger partial charge in [-0.1, -0.05) is 30.3 Å². The molecule has 1 aromatic carbocycles. The predicted molar refractivity (Wildman–Crippen MR) is 73.9 cm³/mol. The fraction of sp³-hybridized carbons (Fsp3) is 0.400. The quantitative estimate of drug-likeness (QED) is 0.794. The molecule has 110 valence electrons. The molecule has 5 nitrogen and oxygen atoms in total. The van der Waals surface area contributed by atoms with Gasteiger partial charge in [0.2, 0.25) is 11.6 Å². The molecule has 0 spiro atoms. The van der Waals surface area contributed by atoms with E-state index in [1.165, 1.54) is 7.11 Å². The number of ketones is 1. The summed E-state index contributed by atoms with van der Waals surface area (Å²) in [6.07, 6.45) is -0.676. The van der Waals surface area contributed by atoms with Crippen LogP contribution < -0.4 is 0 Å². The van der Waals surface area contributed by atoms with E-state index in [4.69, 9.17) is 4.74 Å². The number of hydrogen-bond donors (Lipinski definition) is 0. The highest BCUT2D eigenvalue weighted by atomic mass is 19.1. The van der Waals surface area contributed by atoms with Gasteiger partial charge >= 0.3 is 0 Å². The summed E-state index contributed by atoms with van der Waals surface area (Å²) in [5.41, 5.74) is 0.972. The summed E-state index contributed by atoms with van der Waals surface area (Å²) in [5.74, 6) is 0.0905. The summed E-state index contributed by atoms with van der Waals surface area (Å²) in [7, 11) is 1.52. The first-order chi connectivity index (χ1) is 10.2. The third-order valence-electron chi connectivity index (χ3n) is 3.63. The van der Waals surface area contributed by atoms with Crippen molar-refractivity contribution in [2.75, 3.05) is 13.7 Å². The average molecular weight is 289 g/mol.